The number of imidazole rings is 1. The second kappa shape index (κ2) is 6.05. The van der Waals surface area contributed by atoms with Crippen molar-refractivity contribution in [1.29, 1.82) is 0 Å². The molecule has 0 radical (unpaired) electrons. The number of thioether (sulfide) groups is 1. The average Bonchev–Trinajstić information content (AvgIpc) is 3.14. The van der Waals surface area contributed by atoms with Crippen molar-refractivity contribution in [3.8, 4) is 17.2 Å². The molecule has 2 heterocycles. The van der Waals surface area contributed by atoms with Crippen LogP contribution in [-0.4, -0.2) is 21.6 Å². The number of aromatic nitrogens is 3. The molecule has 3 rings (SSSR count). The highest BCUT2D eigenvalue weighted by molar-refractivity contribution is 7.98. The predicted octanol–water partition coefficient (Wildman–Crippen LogP) is 3.38. The molecule has 0 atom stereocenters. The standard InChI is InChI=1S/C15H15N3O2S/c1-18-8-7-16-15(18)21-10-12-9-20-14(17-12)11-3-5-13(19-2)6-4-11/h3-9H,10H2,1-2H3. The number of rotatable bonds is 5. The molecular formula is C15H15N3O2S. The molecule has 0 saturated carbocycles. The Bertz CT molecular complexity index is 719. The summed E-state index contributed by atoms with van der Waals surface area (Å²) in [5.41, 5.74) is 1.83. The molecule has 0 N–H and O–H groups in total. The van der Waals surface area contributed by atoms with Crippen molar-refractivity contribution in [1.82, 2.24) is 14.5 Å². The van der Waals surface area contributed by atoms with Crippen LogP contribution in [-0.2, 0) is 12.8 Å². The molecule has 0 unspecified atom stereocenters. The van der Waals surface area contributed by atoms with Gasteiger partial charge in [-0.2, -0.15) is 0 Å². The fourth-order valence-electron chi connectivity index (χ4n) is 1.87. The van der Waals surface area contributed by atoms with Crippen molar-refractivity contribution < 1.29 is 9.15 Å². The fourth-order valence-corrected chi connectivity index (χ4v) is 2.68. The van der Waals surface area contributed by atoms with Crippen LogP contribution in [0.4, 0.5) is 0 Å². The molecule has 5 nitrogen and oxygen atoms in total. The third kappa shape index (κ3) is 3.11. The van der Waals surface area contributed by atoms with Crippen LogP contribution >= 0.6 is 11.8 Å². The highest BCUT2D eigenvalue weighted by Crippen LogP contribution is 2.25. The van der Waals surface area contributed by atoms with Gasteiger partial charge in [-0.25, -0.2) is 9.97 Å². The van der Waals surface area contributed by atoms with Crippen LogP contribution in [0.5, 0.6) is 5.75 Å². The number of aryl methyl sites for hydroxylation is 1. The second-order valence-electron chi connectivity index (χ2n) is 4.48. The van der Waals surface area contributed by atoms with E-state index in [0.717, 1.165) is 27.9 Å². The lowest BCUT2D eigenvalue weighted by Crippen LogP contribution is -1.90. The van der Waals surface area contributed by atoms with Gasteiger partial charge in [0.1, 0.15) is 12.0 Å². The van der Waals surface area contributed by atoms with Crippen molar-refractivity contribution in [3.63, 3.8) is 0 Å². The zero-order valence-corrected chi connectivity index (χ0v) is 12.6. The minimum Gasteiger partial charge on any atom is -0.497 e. The lowest BCUT2D eigenvalue weighted by molar-refractivity contribution is 0.415. The highest BCUT2D eigenvalue weighted by Gasteiger charge is 2.08. The monoisotopic (exact) mass is 301 g/mol. The number of ether oxygens (including phenoxy) is 1. The SMILES string of the molecule is COc1ccc(-c2nc(CSc3nccn3C)co2)cc1. The Morgan fingerprint density at radius 1 is 1.29 bits per heavy atom. The smallest absolute Gasteiger partial charge is 0.226 e. The largest absolute Gasteiger partial charge is 0.497 e. The molecule has 0 aliphatic rings. The molecule has 0 fully saturated rings. The normalized spacial score (nSPS) is 10.8. The van der Waals surface area contributed by atoms with Gasteiger partial charge in [0.05, 0.1) is 12.8 Å². The van der Waals surface area contributed by atoms with E-state index in [4.69, 9.17) is 9.15 Å². The van der Waals surface area contributed by atoms with E-state index < -0.39 is 0 Å². The van der Waals surface area contributed by atoms with Crippen molar-refractivity contribution in [3.05, 3.63) is 48.6 Å². The number of oxazole rings is 1. The van der Waals surface area contributed by atoms with Gasteiger partial charge in [0.2, 0.25) is 5.89 Å². The molecule has 0 aliphatic carbocycles. The van der Waals surface area contributed by atoms with Crippen molar-refractivity contribution in [2.24, 2.45) is 7.05 Å². The Labute approximate surface area is 127 Å². The summed E-state index contributed by atoms with van der Waals surface area (Å²) in [5, 5.41) is 0.962. The lowest BCUT2D eigenvalue weighted by atomic mass is 10.2. The quantitative estimate of drug-likeness (QED) is 0.676. The molecule has 0 spiro atoms. The maximum Gasteiger partial charge on any atom is 0.226 e. The Hall–Kier alpha value is -2.21. The van der Waals surface area contributed by atoms with Crippen LogP contribution in [0.1, 0.15) is 5.69 Å². The average molecular weight is 301 g/mol. The first-order valence-corrected chi connectivity index (χ1v) is 7.44. The van der Waals surface area contributed by atoms with Gasteiger partial charge in [-0.3, -0.25) is 0 Å². The molecule has 2 aromatic heterocycles. The summed E-state index contributed by atoms with van der Waals surface area (Å²) < 4.78 is 12.7. The third-order valence-corrected chi connectivity index (χ3v) is 4.11. The van der Waals surface area contributed by atoms with Gasteiger partial charge in [-0.15, -0.1) is 0 Å². The van der Waals surface area contributed by atoms with Crippen molar-refractivity contribution in [2.45, 2.75) is 10.9 Å². The topological polar surface area (TPSA) is 53.1 Å². The first-order chi connectivity index (χ1) is 10.3. The molecule has 3 aromatic rings. The van der Waals surface area contributed by atoms with E-state index >= 15 is 0 Å². The van der Waals surface area contributed by atoms with Gasteiger partial charge in [0.15, 0.2) is 5.16 Å². The maximum atomic E-state index is 5.53. The summed E-state index contributed by atoms with van der Waals surface area (Å²) in [6.07, 6.45) is 5.40. The number of hydrogen-bond donors (Lipinski definition) is 0. The molecule has 0 amide bonds. The fraction of sp³-hybridized carbons (Fsp3) is 0.200. The van der Waals surface area contributed by atoms with Gasteiger partial charge >= 0.3 is 0 Å². The minimum atomic E-state index is 0.619. The third-order valence-electron chi connectivity index (χ3n) is 3.01. The number of nitrogens with zero attached hydrogens (tertiary/aromatic N) is 3. The molecule has 108 valence electrons. The molecule has 6 heteroatoms. The van der Waals surface area contributed by atoms with Crippen LogP contribution in [0.15, 0.2) is 52.5 Å². The van der Waals surface area contributed by atoms with Crippen LogP contribution in [0.25, 0.3) is 11.5 Å². The molecule has 1 aromatic carbocycles. The van der Waals surface area contributed by atoms with E-state index in [0.29, 0.717) is 5.89 Å². The zero-order chi connectivity index (χ0) is 14.7. The van der Waals surface area contributed by atoms with E-state index in [2.05, 4.69) is 9.97 Å². The Balaban J connectivity index is 1.69. The first-order valence-electron chi connectivity index (χ1n) is 6.45. The molecule has 0 aliphatic heterocycles. The Morgan fingerprint density at radius 2 is 2.10 bits per heavy atom. The Morgan fingerprint density at radius 3 is 2.76 bits per heavy atom. The van der Waals surface area contributed by atoms with E-state index in [1.807, 2.05) is 42.1 Å². The number of methoxy groups -OCH3 is 1. The summed E-state index contributed by atoms with van der Waals surface area (Å²) >= 11 is 1.63. The first kappa shape index (κ1) is 13.8. The summed E-state index contributed by atoms with van der Waals surface area (Å²) in [6, 6.07) is 7.64. The highest BCUT2D eigenvalue weighted by atomic mass is 32.2. The van der Waals surface area contributed by atoms with Crippen LogP contribution in [0.2, 0.25) is 0 Å². The van der Waals surface area contributed by atoms with Crippen LogP contribution < -0.4 is 4.74 Å². The van der Waals surface area contributed by atoms with Gasteiger partial charge in [0.25, 0.3) is 0 Å². The Kier molecular flexibility index (Phi) is 3.96. The lowest BCUT2D eigenvalue weighted by Gasteiger charge is -1.99. The van der Waals surface area contributed by atoms with Crippen molar-refractivity contribution in [2.75, 3.05) is 7.11 Å². The van der Waals surface area contributed by atoms with Crippen molar-refractivity contribution >= 4 is 11.8 Å². The van der Waals surface area contributed by atoms with E-state index in [1.54, 1.807) is 31.3 Å². The number of benzene rings is 1. The maximum absolute atomic E-state index is 5.53. The van der Waals surface area contributed by atoms with Gasteiger partial charge in [-0.05, 0) is 24.3 Å². The molecule has 21 heavy (non-hydrogen) atoms. The molecular weight excluding hydrogens is 286 g/mol. The van der Waals surface area contributed by atoms with E-state index in [9.17, 15) is 0 Å². The van der Waals surface area contributed by atoms with E-state index in [1.165, 1.54) is 0 Å². The van der Waals surface area contributed by atoms with Gasteiger partial charge in [-0.1, -0.05) is 11.8 Å². The summed E-state index contributed by atoms with van der Waals surface area (Å²) in [6.45, 7) is 0. The summed E-state index contributed by atoms with van der Waals surface area (Å²) in [7, 11) is 3.62. The second-order valence-corrected chi connectivity index (χ2v) is 5.42. The summed E-state index contributed by atoms with van der Waals surface area (Å²) in [5.74, 6) is 2.16. The van der Waals surface area contributed by atoms with E-state index in [-0.39, 0.29) is 0 Å². The zero-order valence-electron chi connectivity index (χ0n) is 11.8. The number of hydrogen-bond acceptors (Lipinski definition) is 5. The minimum absolute atomic E-state index is 0.619. The predicted molar refractivity (Wildman–Crippen MR) is 81.3 cm³/mol. The molecule has 0 bridgehead atoms. The summed E-state index contributed by atoms with van der Waals surface area (Å²) in [4.78, 5) is 8.77. The molecule has 0 saturated heterocycles. The van der Waals surface area contributed by atoms with Crippen LogP contribution in [0.3, 0.4) is 0 Å². The van der Waals surface area contributed by atoms with Gasteiger partial charge < -0.3 is 13.7 Å². The van der Waals surface area contributed by atoms with Gasteiger partial charge in [0, 0.05) is 30.8 Å². The van der Waals surface area contributed by atoms with Crippen LogP contribution in [0, 0.1) is 0 Å².